The number of hydrogen-bond donors (Lipinski definition) is 6. The second-order valence-corrected chi connectivity index (χ2v) is 8.02. The van der Waals surface area contributed by atoms with Gasteiger partial charge in [0.1, 0.15) is 28.4 Å². The highest BCUT2D eigenvalue weighted by Gasteiger charge is 2.64. The number of amides is 1. The summed E-state index contributed by atoms with van der Waals surface area (Å²) in [5, 5.41) is 46.0. The minimum absolute atomic E-state index is 0.0759. The van der Waals surface area contributed by atoms with Crippen molar-refractivity contribution in [1.29, 1.82) is 0 Å². The number of carbonyl (C=O) groups is 3. The molecule has 158 valence electrons. The summed E-state index contributed by atoms with van der Waals surface area (Å²) >= 11 is 0. The van der Waals surface area contributed by atoms with E-state index in [0.717, 1.165) is 0 Å². The van der Waals surface area contributed by atoms with E-state index in [1.54, 1.807) is 19.1 Å². The van der Waals surface area contributed by atoms with E-state index < -0.39 is 64.0 Å². The summed E-state index contributed by atoms with van der Waals surface area (Å²) in [6, 6.07) is 4.64. The van der Waals surface area contributed by atoms with Gasteiger partial charge in [-0.2, -0.15) is 0 Å². The smallest absolute Gasteiger partial charge is 0.255 e. The van der Waals surface area contributed by atoms with Crippen LogP contribution in [0.1, 0.15) is 30.4 Å². The molecule has 1 aromatic rings. The number of nitrogens with one attached hydrogen (secondary N) is 1. The van der Waals surface area contributed by atoms with E-state index >= 15 is 0 Å². The van der Waals surface area contributed by atoms with Crippen LogP contribution in [-0.2, 0) is 14.4 Å². The quantitative estimate of drug-likeness (QED) is 0.372. The molecule has 30 heavy (non-hydrogen) atoms. The second kappa shape index (κ2) is 6.41. The van der Waals surface area contributed by atoms with Gasteiger partial charge in [-0.1, -0.05) is 19.1 Å². The van der Waals surface area contributed by atoms with Gasteiger partial charge in [0.15, 0.2) is 11.6 Å². The molecule has 9 heteroatoms. The Bertz CT molecular complexity index is 1070. The lowest BCUT2D eigenvalue weighted by molar-refractivity contribution is -0.138. The molecule has 0 spiro atoms. The molecular formula is C21H22N2O7. The van der Waals surface area contributed by atoms with Gasteiger partial charge in [-0.25, -0.2) is 0 Å². The van der Waals surface area contributed by atoms with Crippen molar-refractivity contribution in [2.24, 2.45) is 17.6 Å². The number of ketones is 2. The van der Waals surface area contributed by atoms with Crippen molar-refractivity contribution in [2.45, 2.75) is 30.9 Å². The molecule has 0 aliphatic heterocycles. The number of phenols is 1. The molecule has 0 saturated heterocycles. The topological polar surface area (TPSA) is 170 Å². The molecule has 0 radical (unpaired) electrons. The van der Waals surface area contributed by atoms with Crippen LogP contribution in [0, 0.1) is 11.8 Å². The van der Waals surface area contributed by atoms with Gasteiger partial charge in [-0.05, 0) is 24.6 Å². The summed E-state index contributed by atoms with van der Waals surface area (Å²) in [4.78, 5) is 38.0. The number of hydrogen-bond acceptors (Lipinski definition) is 8. The number of benzene rings is 1. The first-order chi connectivity index (χ1) is 14.1. The van der Waals surface area contributed by atoms with Gasteiger partial charge in [0.05, 0.1) is 11.7 Å². The van der Waals surface area contributed by atoms with E-state index in [4.69, 9.17) is 5.73 Å². The van der Waals surface area contributed by atoms with Crippen LogP contribution in [0.15, 0.2) is 35.1 Å². The second-order valence-electron chi connectivity index (χ2n) is 8.02. The van der Waals surface area contributed by atoms with Crippen LogP contribution in [0.2, 0.25) is 0 Å². The van der Waals surface area contributed by atoms with Gasteiger partial charge >= 0.3 is 0 Å². The van der Waals surface area contributed by atoms with Crippen molar-refractivity contribution in [3.8, 4) is 5.75 Å². The average Bonchev–Trinajstić information content (AvgIpc) is 2.68. The largest absolute Gasteiger partial charge is 0.509 e. The maximum atomic E-state index is 13.7. The SMILES string of the molecule is CNC12C(=O)C3=C(O)c4c(O)cccc4C(C)C3C(O)C1CC(=O)C(C(N)=O)=C2O. The van der Waals surface area contributed by atoms with Crippen molar-refractivity contribution in [3.63, 3.8) is 0 Å². The number of likely N-dealkylation sites (N-methyl/N-ethyl adjacent to an activating group) is 1. The monoisotopic (exact) mass is 414 g/mol. The number of carbonyl (C=O) groups excluding carboxylic acids is 3. The van der Waals surface area contributed by atoms with Crippen molar-refractivity contribution in [3.05, 3.63) is 46.2 Å². The first kappa shape index (κ1) is 20.1. The Hall–Kier alpha value is -3.17. The molecule has 1 amide bonds. The lowest BCUT2D eigenvalue weighted by Gasteiger charge is -2.52. The first-order valence-corrected chi connectivity index (χ1v) is 9.53. The molecule has 0 bridgehead atoms. The number of phenolic OH excluding ortho intramolecular Hbond substituents is 1. The van der Waals surface area contributed by atoms with Crippen LogP contribution in [0.5, 0.6) is 5.75 Å². The standard InChI is InChI=1S/C21H22N2O7/c1-7-8-4-3-5-10(24)13(8)17(27)15-12(7)16(26)9-6-11(25)14(20(22)30)18(28)21(9,23-2)19(15)29/h3-5,7,9,12,16,23-24,26-28H,6H2,1-2H3,(H2,22,30). The fourth-order valence-corrected chi connectivity index (χ4v) is 5.40. The van der Waals surface area contributed by atoms with Gasteiger partial charge in [-0.15, -0.1) is 0 Å². The maximum absolute atomic E-state index is 13.7. The summed E-state index contributed by atoms with van der Waals surface area (Å²) in [6.45, 7) is 1.74. The normalized spacial score (nSPS) is 33.2. The van der Waals surface area contributed by atoms with E-state index in [1.165, 1.54) is 13.1 Å². The predicted molar refractivity (Wildman–Crippen MR) is 104 cm³/mol. The number of fused-ring (bicyclic) bond motifs is 3. The average molecular weight is 414 g/mol. The van der Waals surface area contributed by atoms with E-state index in [-0.39, 0.29) is 23.3 Å². The third-order valence-corrected chi connectivity index (χ3v) is 6.80. The van der Waals surface area contributed by atoms with Crippen LogP contribution in [0.3, 0.4) is 0 Å². The van der Waals surface area contributed by atoms with Crippen LogP contribution in [-0.4, -0.2) is 56.6 Å². The number of aromatic hydroxyl groups is 1. The van der Waals surface area contributed by atoms with Crippen molar-refractivity contribution in [2.75, 3.05) is 7.05 Å². The van der Waals surface area contributed by atoms with E-state index in [0.29, 0.717) is 5.56 Å². The molecule has 3 aliphatic rings. The summed E-state index contributed by atoms with van der Waals surface area (Å²) in [5.74, 6) is -6.79. The molecule has 4 rings (SSSR count). The molecule has 1 saturated carbocycles. The van der Waals surface area contributed by atoms with Crippen molar-refractivity contribution >= 4 is 23.2 Å². The van der Waals surface area contributed by atoms with Crippen LogP contribution >= 0.6 is 0 Å². The lowest BCUT2D eigenvalue weighted by Crippen LogP contribution is -2.69. The van der Waals surface area contributed by atoms with E-state index in [2.05, 4.69) is 5.32 Å². The number of nitrogens with two attached hydrogens (primary N) is 1. The Labute approximate surface area is 171 Å². The Morgan fingerprint density at radius 1 is 1.23 bits per heavy atom. The molecule has 7 N–H and O–H groups in total. The molecule has 1 aromatic carbocycles. The molecule has 3 aliphatic carbocycles. The zero-order valence-corrected chi connectivity index (χ0v) is 16.3. The highest BCUT2D eigenvalue weighted by atomic mass is 16.3. The summed E-state index contributed by atoms with van der Waals surface area (Å²) in [7, 11) is 1.35. The summed E-state index contributed by atoms with van der Waals surface area (Å²) in [6.07, 6.45) is -1.71. The van der Waals surface area contributed by atoms with Crippen LogP contribution < -0.4 is 11.1 Å². The van der Waals surface area contributed by atoms with Crippen molar-refractivity contribution < 1.29 is 34.8 Å². The van der Waals surface area contributed by atoms with Crippen LogP contribution in [0.25, 0.3) is 5.76 Å². The third-order valence-electron chi connectivity index (χ3n) is 6.80. The Morgan fingerprint density at radius 2 is 1.90 bits per heavy atom. The number of aliphatic hydroxyl groups excluding tert-OH is 3. The molecule has 5 atom stereocenters. The van der Waals surface area contributed by atoms with Gasteiger partial charge in [0, 0.05) is 23.8 Å². The zero-order chi connectivity index (χ0) is 22.1. The number of Topliss-reactive ketones (excluding diaryl/α,β-unsaturated/α-hetero) is 2. The Balaban J connectivity index is 2.05. The fourth-order valence-electron chi connectivity index (χ4n) is 5.40. The van der Waals surface area contributed by atoms with Crippen LogP contribution in [0.4, 0.5) is 0 Å². The lowest BCUT2D eigenvalue weighted by atomic mass is 9.54. The van der Waals surface area contributed by atoms with Crippen molar-refractivity contribution in [1.82, 2.24) is 5.32 Å². The zero-order valence-electron chi connectivity index (χ0n) is 16.3. The van der Waals surface area contributed by atoms with E-state index in [9.17, 15) is 34.8 Å². The number of aliphatic hydroxyl groups is 3. The molecule has 0 aromatic heterocycles. The molecule has 0 heterocycles. The minimum Gasteiger partial charge on any atom is -0.509 e. The highest BCUT2D eigenvalue weighted by molar-refractivity contribution is 6.23. The van der Waals surface area contributed by atoms with E-state index in [1.807, 2.05) is 0 Å². The van der Waals surface area contributed by atoms with Gasteiger partial charge < -0.3 is 31.5 Å². The molecular weight excluding hydrogens is 392 g/mol. The Kier molecular flexibility index (Phi) is 4.30. The fraction of sp³-hybridized carbons (Fsp3) is 0.381. The molecule has 9 nitrogen and oxygen atoms in total. The van der Waals surface area contributed by atoms with Gasteiger partial charge in [0.25, 0.3) is 5.91 Å². The predicted octanol–water partition coefficient (Wildman–Crippen LogP) is 0.183. The number of rotatable bonds is 2. The third kappa shape index (κ3) is 2.21. The first-order valence-electron chi connectivity index (χ1n) is 9.53. The van der Waals surface area contributed by atoms with Gasteiger partial charge in [-0.3, -0.25) is 14.4 Å². The molecule has 5 unspecified atom stereocenters. The molecule has 1 fully saturated rings. The number of primary amides is 1. The van der Waals surface area contributed by atoms with Gasteiger partial charge in [0.2, 0.25) is 0 Å². The Morgan fingerprint density at radius 3 is 2.50 bits per heavy atom. The summed E-state index contributed by atoms with van der Waals surface area (Å²) in [5.41, 5.74) is 2.98. The maximum Gasteiger partial charge on any atom is 0.255 e. The summed E-state index contributed by atoms with van der Waals surface area (Å²) < 4.78 is 0. The minimum atomic E-state index is -2.01. The highest BCUT2D eigenvalue weighted by Crippen LogP contribution is 2.55.